The van der Waals surface area contributed by atoms with Crippen molar-refractivity contribution in [1.29, 1.82) is 0 Å². The summed E-state index contributed by atoms with van der Waals surface area (Å²) in [5, 5.41) is 2.39. The summed E-state index contributed by atoms with van der Waals surface area (Å²) in [5.41, 5.74) is 1.87. The molecule has 3 aromatic carbocycles. The molecule has 0 saturated heterocycles. The Morgan fingerprint density at radius 3 is 2.19 bits per heavy atom. The van der Waals surface area contributed by atoms with Gasteiger partial charge in [-0.05, 0) is 46.4 Å². The minimum atomic E-state index is -0.518. The van der Waals surface area contributed by atoms with Crippen LogP contribution in [0.15, 0.2) is 60.7 Å². The van der Waals surface area contributed by atoms with Crippen LogP contribution in [0.25, 0.3) is 10.8 Å². The first-order chi connectivity index (χ1) is 10.1. The summed E-state index contributed by atoms with van der Waals surface area (Å²) in [4.78, 5) is 0. The molecule has 0 aromatic heterocycles. The lowest BCUT2D eigenvalue weighted by atomic mass is 9.92. The van der Waals surface area contributed by atoms with E-state index < -0.39 is 11.6 Å². The number of halogens is 2. The van der Waals surface area contributed by atoms with Gasteiger partial charge in [0.1, 0.15) is 11.6 Å². The number of benzene rings is 3. The second-order valence-electron chi connectivity index (χ2n) is 5.49. The van der Waals surface area contributed by atoms with Gasteiger partial charge in [-0.25, -0.2) is 8.78 Å². The minimum absolute atomic E-state index is 0.0661. The highest BCUT2D eigenvalue weighted by atomic mass is 19.1. The molecule has 1 atom stereocenters. The van der Waals surface area contributed by atoms with Crippen LogP contribution in [-0.2, 0) is 6.42 Å². The summed E-state index contributed by atoms with van der Waals surface area (Å²) in [6, 6.07) is 18.2. The molecule has 0 spiro atoms. The molecule has 0 fully saturated rings. The molecule has 0 amide bonds. The number of fused-ring (bicyclic) bond motifs is 1. The topological polar surface area (TPSA) is 0 Å². The zero-order valence-corrected chi connectivity index (χ0v) is 11.8. The maximum absolute atomic E-state index is 13.3. The predicted molar refractivity (Wildman–Crippen MR) is 82.4 cm³/mol. The van der Waals surface area contributed by atoms with Crippen molar-refractivity contribution >= 4 is 10.8 Å². The number of rotatable bonds is 3. The lowest BCUT2D eigenvalue weighted by molar-refractivity contribution is 0.574. The van der Waals surface area contributed by atoms with Crippen LogP contribution in [0.2, 0.25) is 0 Å². The summed E-state index contributed by atoms with van der Waals surface area (Å²) in [6.07, 6.45) is 0.758. The van der Waals surface area contributed by atoms with E-state index in [2.05, 4.69) is 30.3 Å². The van der Waals surface area contributed by atoms with Gasteiger partial charge in [0.15, 0.2) is 0 Å². The zero-order chi connectivity index (χ0) is 14.8. The summed E-state index contributed by atoms with van der Waals surface area (Å²) < 4.78 is 26.6. The van der Waals surface area contributed by atoms with E-state index >= 15 is 0 Å². The monoisotopic (exact) mass is 282 g/mol. The largest absolute Gasteiger partial charge is 0.207 e. The van der Waals surface area contributed by atoms with E-state index in [0.29, 0.717) is 5.56 Å². The first-order valence-corrected chi connectivity index (χ1v) is 7.05. The molecule has 0 heterocycles. The molecular formula is C19H16F2. The molecule has 0 bridgehead atoms. The third-order valence-corrected chi connectivity index (χ3v) is 3.81. The second kappa shape index (κ2) is 5.65. The Kier molecular flexibility index (Phi) is 3.70. The fraction of sp³-hybridized carbons (Fsp3) is 0.158. The maximum atomic E-state index is 13.3. The third-order valence-electron chi connectivity index (χ3n) is 3.81. The van der Waals surface area contributed by atoms with Crippen LogP contribution in [-0.4, -0.2) is 0 Å². The van der Waals surface area contributed by atoms with Crippen LogP contribution in [0.5, 0.6) is 0 Å². The molecule has 0 saturated carbocycles. The van der Waals surface area contributed by atoms with Crippen molar-refractivity contribution in [2.24, 2.45) is 0 Å². The van der Waals surface area contributed by atoms with Crippen molar-refractivity contribution in [3.05, 3.63) is 83.4 Å². The summed E-state index contributed by atoms with van der Waals surface area (Å²) in [7, 11) is 0. The lowest BCUT2D eigenvalue weighted by Crippen LogP contribution is -2.00. The van der Waals surface area contributed by atoms with Gasteiger partial charge in [-0.2, -0.15) is 0 Å². The Bertz CT molecular complexity index is 757. The van der Waals surface area contributed by atoms with Crippen molar-refractivity contribution in [2.45, 2.75) is 19.3 Å². The van der Waals surface area contributed by atoms with Crippen LogP contribution in [0, 0.1) is 11.6 Å². The Morgan fingerprint density at radius 1 is 0.810 bits per heavy atom. The third kappa shape index (κ3) is 3.10. The second-order valence-corrected chi connectivity index (χ2v) is 5.49. The van der Waals surface area contributed by atoms with Gasteiger partial charge in [0.05, 0.1) is 0 Å². The van der Waals surface area contributed by atoms with Crippen molar-refractivity contribution in [2.75, 3.05) is 0 Å². The minimum Gasteiger partial charge on any atom is -0.207 e. The van der Waals surface area contributed by atoms with Crippen LogP contribution in [0.1, 0.15) is 24.0 Å². The molecule has 0 aliphatic carbocycles. The van der Waals surface area contributed by atoms with Crippen LogP contribution < -0.4 is 0 Å². The fourth-order valence-corrected chi connectivity index (χ4v) is 2.70. The van der Waals surface area contributed by atoms with E-state index in [4.69, 9.17) is 0 Å². The van der Waals surface area contributed by atoms with Crippen LogP contribution in [0.4, 0.5) is 8.78 Å². The van der Waals surface area contributed by atoms with Crippen molar-refractivity contribution in [1.82, 2.24) is 0 Å². The van der Waals surface area contributed by atoms with Crippen molar-refractivity contribution in [3.8, 4) is 0 Å². The molecule has 0 aliphatic heterocycles. The molecule has 1 unspecified atom stereocenters. The standard InChI is InChI=1S/C19H16F2/c1-13(17-10-18(20)12-19(21)11-17)8-14-6-7-15-4-2-3-5-16(15)9-14/h2-7,9-13H,8H2,1H3. The quantitative estimate of drug-likeness (QED) is 0.598. The molecule has 0 N–H and O–H groups in total. The summed E-state index contributed by atoms with van der Waals surface area (Å²) >= 11 is 0. The first-order valence-electron chi connectivity index (χ1n) is 7.05. The lowest BCUT2D eigenvalue weighted by Gasteiger charge is -2.13. The van der Waals surface area contributed by atoms with Gasteiger partial charge >= 0.3 is 0 Å². The Labute approximate surface area is 123 Å². The van der Waals surface area contributed by atoms with Gasteiger partial charge in [-0.3, -0.25) is 0 Å². The van der Waals surface area contributed by atoms with Crippen LogP contribution >= 0.6 is 0 Å². The fourth-order valence-electron chi connectivity index (χ4n) is 2.70. The molecule has 106 valence electrons. The average molecular weight is 282 g/mol. The molecule has 0 nitrogen and oxygen atoms in total. The Balaban J connectivity index is 1.86. The van der Waals surface area contributed by atoms with E-state index in [1.807, 2.05) is 19.1 Å². The van der Waals surface area contributed by atoms with Gasteiger partial charge in [-0.15, -0.1) is 0 Å². The molecule has 3 aromatic rings. The van der Waals surface area contributed by atoms with Crippen molar-refractivity contribution < 1.29 is 8.78 Å². The van der Waals surface area contributed by atoms with E-state index in [9.17, 15) is 8.78 Å². The normalized spacial score (nSPS) is 12.5. The van der Waals surface area contributed by atoms with E-state index in [-0.39, 0.29) is 5.92 Å². The molecule has 2 heteroatoms. The Hall–Kier alpha value is -2.22. The Morgan fingerprint density at radius 2 is 1.48 bits per heavy atom. The molecular weight excluding hydrogens is 266 g/mol. The zero-order valence-electron chi connectivity index (χ0n) is 11.8. The highest BCUT2D eigenvalue weighted by Crippen LogP contribution is 2.24. The smallest absolute Gasteiger partial charge is 0.126 e. The summed E-state index contributed by atoms with van der Waals surface area (Å²) in [5.74, 6) is -0.970. The van der Waals surface area contributed by atoms with Crippen molar-refractivity contribution in [3.63, 3.8) is 0 Å². The maximum Gasteiger partial charge on any atom is 0.126 e. The van der Waals surface area contributed by atoms with E-state index in [1.165, 1.54) is 28.5 Å². The molecule has 0 radical (unpaired) electrons. The predicted octanol–water partition coefficient (Wildman–Crippen LogP) is 5.46. The van der Waals surface area contributed by atoms with Gasteiger partial charge in [0.25, 0.3) is 0 Å². The highest BCUT2D eigenvalue weighted by Gasteiger charge is 2.10. The molecule has 3 rings (SSSR count). The van der Waals surface area contributed by atoms with Gasteiger partial charge in [0.2, 0.25) is 0 Å². The van der Waals surface area contributed by atoms with E-state index in [0.717, 1.165) is 12.5 Å². The SMILES string of the molecule is CC(Cc1ccc2ccccc2c1)c1cc(F)cc(F)c1. The summed E-state index contributed by atoms with van der Waals surface area (Å²) in [6.45, 7) is 1.99. The van der Waals surface area contributed by atoms with Crippen LogP contribution in [0.3, 0.4) is 0 Å². The van der Waals surface area contributed by atoms with Gasteiger partial charge in [0, 0.05) is 6.07 Å². The first kappa shape index (κ1) is 13.7. The van der Waals surface area contributed by atoms with Gasteiger partial charge in [-0.1, -0.05) is 49.4 Å². The van der Waals surface area contributed by atoms with E-state index in [1.54, 1.807) is 0 Å². The average Bonchev–Trinajstić information content (AvgIpc) is 2.46. The number of hydrogen-bond donors (Lipinski definition) is 0. The highest BCUT2D eigenvalue weighted by molar-refractivity contribution is 5.83. The number of hydrogen-bond acceptors (Lipinski definition) is 0. The van der Waals surface area contributed by atoms with Gasteiger partial charge < -0.3 is 0 Å². The molecule has 0 aliphatic rings. The molecule has 21 heavy (non-hydrogen) atoms.